The number of nitrogens with zero attached hydrogens (tertiary/aromatic N) is 2. The summed E-state index contributed by atoms with van der Waals surface area (Å²) < 4.78 is 6.66. The topological polar surface area (TPSA) is 94.2 Å². The number of benzene rings is 1. The molecular formula is C22H23N3O4. The van der Waals surface area contributed by atoms with E-state index in [-0.39, 0.29) is 29.6 Å². The predicted octanol–water partition coefficient (Wildman–Crippen LogP) is 2.68. The van der Waals surface area contributed by atoms with Crippen LogP contribution in [-0.4, -0.2) is 21.7 Å². The van der Waals surface area contributed by atoms with E-state index in [4.69, 9.17) is 4.42 Å². The zero-order valence-electron chi connectivity index (χ0n) is 16.4. The first-order valence-corrected chi connectivity index (χ1v) is 9.84. The molecular weight excluding hydrogens is 370 g/mol. The number of hydrogen-bond donors (Lipinski definition) is 1. The summed E-state index contributed by atoms with van der Waals surface area (Å²) in [6, 6.07) is 11.5. The summed E-state index contributed by atoms with van der Waals surface area (Å²) in [6.45, 7) is 4.13. The van der Waals surface area contributed by atoms with Gasteiger partial charge in [0, 0.05) is 17.4 Å². The van der Waals surface area contributed by atoms with Crippen LogP contribution in [0.1, 0.15) is 48.7 Å². The van der Waals surface area contributed by atoms with Crippen LogP contribution in [0.2, 0.25) is 0 Å². The van der Waals surface area contributed by atoms with Crippen molar-refractivity contribution in [3.8, 4) is 0 Å². The van der Waals surface area contributed by atoms with E-state index in [9.17, 15) is 14.4 Å². The summed E-state index contributed by atoms with van der Waals surface area (Å²) in [5.41, 5.74) is 0.395. The van der Waals surface area contributed by atoms with E-state index in [1.54, 1.807) is 24.3 Å². The normalized spacial score (nSPS) is 14.9. The number of amides is 1. The number of para-hydroxylation sites is 1. The highest BCUT2D eigenvalue weighted by Gasteiger charge is 2.26. The van der Waals surface area contributed by atoms with Crippen LogP contribution in [-0.2, 0) is 6.54 Å². The first kappa shape index (κ1) is 19.1. The lowest BCUT2D eigenvalue weighted by molar-refractivity contribution is 0.0915. The standard InChI is InChI=1S/C22H23N3O4/c1-13(2)18(12-25-20(26)10-9-17(24-25)14-7-8-14)23-21(27)16-11-15-5-3-4-6-19(15)29-22(16)28/h3-6,9-11,13-14,18H,7-8,12H2,1-2H3,(H,23,27)/t18-/m0/s1. The van der Waals surface area contributed by atoms with Crippen LogP contribution < -0.4 is 16.5 Å². The van der Waals surface area contributed by atoms with Gasteiger partial charge in [0.05, 0.1) is 18.3 Å². The van der Waals surface area contributed by atoms with Crippen molar-refractivity contribution in [2.45, 2.75) is 45.2 Å². The minimum absolute atomic E-state index is 0.0322. The molecule has 7 nitrogen and oxygen atoms in total. The summed E-state index contributed by atoms with van der Waals surface area (Å²) in [6.07, 6.45) is 2.18. The first-order chi connectivity index (χ1) is 13.9. The highest BCUT2D eigenvalue weighted by atomic mass is 16.4. The number of aromatic nitrogens is 2. The number of nitrogens with one attached hydrogen (secondary N) is 1. The molecule has 0 saturated heterocycles. The molecule has 29 heavy (non-hydrogen) atoms. The molecule has 150 valence electrons. The third kappa shape index (κ3) is 4.13. The molecule has 1 fully saturated rings. The molecule has 1 aromatic carbocycles. The molecule has 0 aliphatic heterocycles. The van der Waals surface area contributed by atoms with E-state index in [0.717, 1.165) is 18.5 Å². The van der Waals surface area contributed by atoms with Gasteiger partial charge in [-0.05, 0) is 37.0 Å². The highest BCUT2D eigenvalue weighted by molar-refractivity contribution is 5.96. The van der Waals surface area contributed by atoms with E-state index in [0.29, 0.717) is 16.9 Å². The molecule has 0 radical (unpaired) electrons. The van der Waals surface area contributed by atoms with Gasteiger partial charge in [-0.2, -0.15) is 5.10 Å². The van der Waals surface area contributed by atoms with Gasteiger partial charge in [0.25, 0.3) is 11.5 Å². The van der Waals surface area contributed by atoms with Crippen LogP contribution in [0, 0.1) is 5.92 Å². The van der Waals surface area contributed by atoms with Gasteiger partial charge in [0.2, 0.25) is 0 Å². The fourth-order valence-corrected chi connectivity index (χ4v) is 3.27. The second kappa shape index (κ2) is 7.66. The molecule has 1 amide bonds. The van der Waals surface area contributed by atoms with Crippen molar-refractivity contribution in [3.63, 3.8) is 0 Å². The molecule has 2 heterocycles. The van der Waals surface area contributed by atoms with Crippen molar-refractivity contribution in [1.29, 1.82) is 0 Å². The van der Waals surface area contributed by atoms with Crippen LogP contribution >= 0.6 is 0 Å². The molecule has 1 atom stereocenters. The van der Waals surface area contributed by atoms with Crippen molar-refractivity contribution in [3.05, 3.63) is 74.5 Å². The summed E-state index contributed by atoms with van der Waals surface area (Å²) in [5.74, 6) is -0.0597. The molecule has 4 rings (SSSR count). The smallest absolute Gasteiger partial charge is 0.349 e. The third-order valence-electron chi connectivity index (χ3n) is 5.26. The summed E-state index contributed by atoms with van der Waals surface area (Å²) in [5, 5.41) is 8.02. The number of carbonyl (C=O) groups is 1. The summed E-state index contributed by atoms with van der Waals surface area (Å²) in [4.78, 5) is 37.3. The van der Waals surface area contributed by atoms with Gasteiger partial charge in [0.1, 0.15) is 11.1 Å². The van der Waals surface area contributed by atoms with E-state index >= 15 is 0 Å². The van der Waals surface area contributed by atoms with E-state index in [1.807, 2.05) is 19.9 Å². The molecule has 1 saturated carbocycles. The maximum absolute atomic E-state index is 12.8. The van der Waals surface area contributed by atoms with Crippen molar-refractivity contribution in [1.82, 2.24) is 15.1 Å². The average Bonchev–Trinajstić information content (AvgIpc) is 3.53. The number of hydrogen-bond acceptors (Lipinski definition) is 5. The zero-order valence-corrected chi connectivity index (χ0v) is 16.4. The first-order valence-electron chi connectivity index (χ1n) is 9.84. The molecule has 1 N–H and O–H groups in total. The molecule has 1 aliphatic rings. The van der Waals surface area contributed by atoms with Crippen molar-refractivity contribution >= 4 is 16.9 Å². The fraction of sp³-hybridized carbons (Fsp3) is 0.364. The van der Waals surface area contributed by atoms with Gasteiger partial charge in [-0.25, -0.2) is 9.48 Å². The Morgan fingerprint density at radius 2 is 1.97 bits per heavy atom. The van der Waals surface area contributed by atoms with Gasteiger partial charge < -0.3 is 9.73 Å². The number of rotatable bonds is 6. The van der Waals surface area contributed by atoms with E-state index < -0.39 is 11.5 Å². The lowest BCUT2D eigenvalue weighted by Crippen LogP contribution is -2.45. The molecule has 7 heteroatoms. The van der Waals surface area contributed by atoms with Crippen LogP contribution in [0.5, 0.6) is 0 Å². The lowest BCUT2D eigenvalue weighted by Gasteiger charge is -2.23. The summed E-state index contributed by atoms with van der Waals surface area (Å²) >= 11 is 0. The van der Waals surface area contributed by atoms with Gasteiger partial charge in [-0.1, -0.05) is 32.0 Å². The third-order valence-corrected chi connectivity index (χ3v) is 5.26. The average molecular weight is 393 g/mol. The maximum atomic E-state index is 12.8. The van der Waals surface area contributed by atoms with Crippen molar-refractivity contribution < 1.29 is 9.21 Å². The van der Waals surface area contributed by atoms with Crippen LogP contribution in [0.15, 0.2) is 56.5 Å². The predicted molar refractivity (Wildman–Crippen MR) is 109 cm³/mol. The fourth-order valence-electron chi connectivity index (χ4n) is 3.27. The Hall–Kier alpha value is -3.22. The van der Waals surface area contributed by atoms with Crippen molar-refractivity contribution in [2.24, 2.45) is 5.92 Å². The second-order valence-corrected chi connectivity index (χ2v) is 7.86. The molecule has 0 spiro atoms. The van der Waals surface area contributed by atoms with Gasteiger partial charge >= 0.3 is 5.63 Å². The molecule has 1 aliphatic carbocycles. The van der Waals surface area contributed by atoms with Gasteiger partial charge in [-0.15, -0.1) is 0 Å². The summed E-state index contributed by atoms with van der Waals surface area (Å²) in [7, 11) is 0. The van der Waals surface area contributed by atoms with E-state index in [1.165, 1.54) is 16.8 Å². The van der Waals surface area contributed by atoms with Crippen molar-refractivity contribution in [2.75, 3.05) is 0 Å². The lowest BCUT2D eigenvalue weighted by atomic mass is 10.0. The van der Waals surface area contributed by atoms with Gasteiger partial charge in [0.15, 0.2) is 0 Å². The minimum Gasteiger partial charge on any atom is -0.422 e. The Morgan fingerprint density at radius 1 is 1.21 bits per heavy atom. The Balaban J connectivity index is 1.58. The van der Waals surface area contributed by atoms with Crippen LogP contribution in [0.3, 0.4) is 0 Å². The molecule has 2 aromatic heterocycles. The Bertz CT molecular complexity index is 1170. The highest BCUT2D eigenvalue weighted by Crippen LogP contribution is 2.38. The second-order valence-electron chi connectivity index (χ2n) is 7.86. The maximum Gasteiger partial charge on any atom is 0.349 e. The Kier molecular flexibility index (Phi) is 5.05. The van der Waals surface area contributed by atoms with Crippen LogP contribution in [0.4, 0.5) is 0 Å². The Labute approximate surface area is 167 Å². The molecule has 0 bridgehead atoms. The van der Waals surface area contributed by atoms with Gasteiger partial charge in [-0.3, -0.25) is 9.59 Å². The monoisotopic (exact) mass is 393 g/mol. The zero-order chi connectivity index (χ0) is 20.5. The number of fused-ring (bicyclic) bond motifs is 1. The Morgan fingerprint density at radius 3 is 2.69 bits per heavy atom. The largest absolute Gasteiger partial charge is 0.422 e. The molecule has 0 unspecified atom stereocenters. The van der Waals surface area contributed by atoms with Crippen LogP contribution in [0.25, 0.3) is 11.0 Å². The SMILES string of the molecule is CC(C)[C@H](Cn1nc(C2CC2)ccc1=O)NC(=O)c1cc2ccccc2oc1=O. The number of carbonyl (C=O) groups excluding carboxylic acids is 1. The van der Waals surface area contributed by atoms with E-state index in [2.05, 4.69) is 10.4 Å². The quantitative estimate of drug-likeness (QED) is 0.650. The molecule has 3 aromatic rings. The minimum atomic E-state index is -0.685.